The molecular formula is C45H58N2O4Si. The van der Waals surface area contributed by atoms with Gasteiger partial charge in [-0.05, 0) is 64.6 Å². The third kappa shape index (κ3) is 8.17. The van der Waals surface area contributed by atoms with Crippen molar-refractivity contribution < 1.29 is 18.4 Å². The Morgan fingerprint density at radius 1 is 0.846 bits per heavy atom. The number of ether oxygens (including phenoxy) is 1. The van der Waals surface area contributed by atoms with Crippen molar-refractivity contribution in [2.24, 2.45) is 11.8 Å². The highest BCUT2D eigenvalue weighted by molar-refractivity contribution is 6.99. The van der Waals surface area contributed by atoms with Crippen molar-refractivity contribution in [2.45, 2.75) is 121 Å². The standard InChI is InChI=1S/C45H58N2O4Si/c1-45(2,3)52(36-21-9-5-10-22-36,37-23-11-6-12-24-37)50-29-27-34-19-15-20-35(30-34)31-38-40-25-26-41(51-40)42(38)44-47-39(32-49-44)43(48)46-28-14-13-18-33-16-7-4-8-17-33/h5-6,9-12,15,19-24,30,32-33,38,40-42H,4,7-8,13-14,16-18,25-29,31H2,1-3H3,(H,46,48)/t38-,40-,41+,42-/m0/s1. The third-order valence-electron chi connectivity index (χ3n) is 12.1. The predicted molar refractivity (Wildman–Crippen MR) is 211 cm³/mol. The number of hydrogen-bond donors (Lipinski definition) is 1. The average Bonchev–Trinajstić information content (AvgIpc) is 3.92. The molecule has 2 aliphatic heterocycles. The van der Waals surface area contributed by atoms with Crippen molar-refractivity contribution in [2.75, 3.05) is 13.2 Å². The van der Waals surface area contributed by atoms with Crippen LogP contribution >= 0.6 is 0 Å². The van der Waals surface area contributed by atoms with E-state index in [0.29, 0.717) is 24.7 Å². The molecule has 4 atom stereocenters. The highest BCUT2D eigenvalue weighted by Crippen LogP contribution is 2.50. The minimum absolute atomic E-state index is 0.0527. The van der Waals surface area contributed by atoms with E-state index in [4.69, 9.17) is 18.6 Å². The number of fused-ring (bicyclic) bond motifs is 2. The zero-order valence-corrected chi connectivity index (χ0v) is 32.5. The lowest BCUT2D eigenvalue weighted by atomic mass is 9.76. The van der Waals surface area contributed by atoms with Crippen LogP contribution in [0.4, 0.5) is 0 Å². The van der Waals surface area contributed by atoms with Gasteiger partial charge >= 0.3 is 0 Å². The molecule has 3 aliphatic rings. The molecule has 0 unspecified atom stereocenters. The number of rotatable bonds is 15. The van der Waals surface area contributed by atoms with Gasteiger partial charge in [0.15, 0.2) is 5.69 Å². The molecule has 7 heteroatoms. The number of carbonyl (C=O) groups is 1. The molecule has 276 valence electrons. The van der Waals surface area contributed by atoms with E-state index in [1.807, 2.05) is 0 Å². The van der Waals surface area contributed by atoms with Gasteiger partial charge in [-0.3, -0.25) is 4.79 Å². The predicted octanol–water partition coefficient (Wildman–Crippen LogP) is 8.78. The van der Waals surface area contributed by atoms with Crippen LogP contribution in [-0.2, 0) is 22.0 Å². The van der Waals surface area contributed by atoms with Crippen molar-refractivity contribution in [1.29, 1.82) is 0 Å². The molecule has 52 heavy (non-hydrogen) atoms. The Kier molecular flexibility index (Phi) is 11.8. The normalized spacial score (nSPS) is 22.1. The second-order valence-corrected chi connectivity index (χ2v) is 20.9. The Morgan fingerprint density at radius 3 is 2.25 bits per heavy atom. The molecule has 7 rings (SSSR count). The second kappa shape index (κ2) is 16.7. The lowest BCUT2D eigenvalue weighted by Gasteiger charge is -2.43. The van der Waals surface area contributed by atoms with Gasteiger partial charge in [0.1, 0.15) is 6.26 Å². The Hall–Kier alpha value is -3.52. The molecule has 3 heterocycles. The number of unbranched alkanes of at least 4 members (excludes halogenated alkanes) is 1. The van der Waals surface area contributed by atoms with Crippen molar-refractivity contribution in [3.8, 4) is 0 Å². The van der Waals surface area contributed by atoms with E-state index in [0.717, 1.165) is 38.0 Å². The fraction of sp³-hybridized carbons (Fsp3) is 0.511. The first-order valence-corrected chi connectivity index (χ1v) is 21.9. The van der Waals surface area contributed by atoms with E-state index in [-0.39, 0.29) is 35.0 Å². The lowest BCUT2D eigenvalue weighted by molar-refractivity contribution is 0.0898. The maximum atomic E-state index is 13.0. The topological polar surface area (TPSA) is 73.6 Å². The Bertz CT molecular complexity index is 1690. The van der Waals surface area contributed by atoms with Gasteiger partial charge in [0.05, 0.1) is 18.1 Å². The quantitative estimate of drug-likeness (QED) is 0.0983. The van der Waals surface area contributed by atoms with Crippen LogP contribution in [0, 0.1) is 11.8 Å². The van der Waals surface area contributed by atoms with Gasteiger partial charge in [-0.15, -0.1) is 0 Å². The highest BCUT2D eigenvalue weighted by Gasteiger charge is 2.52. The summed E-state index contributed by atoms with van der Waals surface area (Å²) in [5.74, 6) is 1.71. The van der Waals surface area contributed by atoms with Gasteiger partial charge in [-0.1, -0.05) is 151 Å². The lowest BCUT2D eigenvalue weighted by Crippen LogP contribution is -2.66. The summed E-state index contributed by atoms with van der Waals surface area (Å²) >= 11 is 0. The van der Waals surface area contributed by atoms with Crippen LogP contribution < -0.4 is 15.7 Å². The first kappa shape index (κ1) is 36.8. The molecule has 1 saturated carbocycles. The van der Waals surface area contributed by atoms with E-state index >= 15 is 0 Å². The van der Waals surface area contributed by atoms with Crippen LogP contribution in [0.2, 0.25) is 5.04 Å². The molecule has 0 spiro atoms. The van der Waals surface area contributed by atoms with Gasteiger partial charge in [0, 0.05) is 19.1 Å². The largest absolute Gasteiger partial charge is 0.448 e. The fourth-order valence-corrected chi connectivity index (χ4v) is 14.1. The van der Waals surface area contributed by atoms with Crippen LogP contribution in [0.15, 0.2) is 95.6 Å². The summed E-state index contributed by atoms with van der Waals surface area (Å²) in [7, 11) is -2.59. The smallest absolute Gasteiger partial charge is 0.273 e. The number of nitrogens with zero attached hydrogens (tertiary/aromatic N) is 1. The maximum Gasteiger partial charge on any atom is 0.273 e. The summed E-state index contributed by atoms with van der Waals surface area (Å²) < 4.78 is 19.7. The average molecular weight is 719 g/mol. The van der Waals surface area contributed by atoms with Crippen LogP contribution in [0.3, 0.4) is 0 Å². The number of benzene rings is 3. The van der Waals surface area contributed by atoms with E-state index < -0.39 is 8.32 Å². The number of amides is 1. The van der Waals surface area contributed by atoms with Crippen LogP contribution in [0.5, 0.6) is 0 Å². The van der Waals surface area contributed by atoms with Crippen molar-refractivity contribution in [3.05, 3.63) is 114 Å². The summed E-state index contributed by atoms with van der Waals surface area (Å²) in [6.45, 7) is 8.33. The first-order valence-electron chi connectivity index (χ1n) is 20.0. The molecule has 2 saturated heterocycles. The molecule has 1 amide bonds. The second-order valence-electron chi connectivity index (χ2n) is 16.6. The van der Waals surface area contributed by atoms with Crippen molar-refractivity contribution in [3.63, 3.8) is 0 Å². The molecule has 4 aromatic rings. The van der Waals surface area contributed by atoms with Crippen molar-refractivity contribution >= 4 is 24.6 Å². The number of hydrogen-bond acceptors (Lipinski definition) is 5. The molecule has 3 fully saturated rings. The summed E-state index contributed by atoms with van der Waals surface area (Å²) in [5, 5.41) is 5.65. The molecule has 6 nitrogen and oxygen atoms in total. The van der Waals surface area contributed by atoms with Crippen molar-refractivity contribution in [1.82, 2.24) is 10.3 Å². The Morgan fingerprint density at radius 2 is 1.54 bits per heavy atom. The summed E-state index contributed by atoms with van der Waals surface area (Å²) in [6.07, 6.45) is 16.0. The summed E-state index contributed by atoms with van der Waals surface area (Å²) in [4.78, 5) is 17.8. The van der Waals surface area contributed by atoms with E-state index in [1.165, 1.54) is 66.4 Å². The zero-order chi connectivity index (χ0) is 36.0. The van der Waals surface area contributed by atoms with Crippen LogP contribution in [0.25, 0.3) is 0 Å². The maximum absolute atomic E-state index is 13.0. The SMILES string of the molecule is CC(C)(C)[Si](OCCc1cccc(C[C@@H]2[C@H](c3nc(C(=O)NCCCCC4CCCCC4)co3)[C@H]3CC[C@@H]2O3)c1)(c1ccccc1)c1ccccc1. The molecule has 1 aromatic heterocycles. The number of nitrogens with one attached hydrogen (secondary N) is 1. The van der Waals surface area contributed by atoms with E-state index in [1.54, 1.807) is 6.26 Å². The Labute approximate surface area is 312 Å². The molecule has 1 aliphatic carbocycles. The molecule has 3 aromatic carbocycles. The van der Waals surface area contributed by atoms with E-state index in [9.17, 15) is 4.79 Å². The van der Waals surface area contributed by atoms with Gasteiger partial charge in [0.2, 0.25) is 5.89 Å². The zero-order valence-electron chi connectivity index (χ0n) is 31.5. The molecule has 1 N–H and O–H groups in total. The van der Waals surface area contributed by atoms with Crippen LogP contribution in [-0.4, -0.2) is 44.6 Å². The van der Waals surface area contributed by atoms with Gasteiger partial charge in [0.25, 0.3) is 14.2 Å². The highest BCUT2D eigenvalue weighted by atomic mass is 28.4. The summed E-state index contributed by atoms with van der Waals surface area (Å²) in [6, 6.07) is 30.7. The molecule has 2 bridgehead atoms. The van der Waals surface area contributed by atoms with Gasteiger partial charge in [-0.2, -0.15) is 0 Å². The Balaban J connectivity index is 0.980. The number of oxazole rings is 1. The number of carbonyl (C=O) groups excluding carboxylic acids is 1. The minimum Gasteiger partial charge on any atom is -0.448 e. The third-order valence-corrected chi connectivity index (χ3v) is 17.1. The number of aromatic nitrogens is 1. The van der Waals surface area contributed by atoms with Crippen LogP contribution in [0.1, 0.15) is 118 Å². The molecule has 0 radical (unpaired) electrons. The monoisotopic (exact) mass is 718 g/mol. The fourth-order valence-electron chi connectivity index (χ4n) is 9.52. The first-order chi connectivity index (χ1) is 25.3. The van der Waals surface area contributed by atoms with Gasteiger partial charge < -0.3 is 18.9 Å². The molecular weight excluding hydrogens is 661 g/mol. The summed E-state index contributed by atoms with van der Waals surface area (Å²) in [5.41, 5.74) is 2.96. The van der Waals surface area contributed by atoms with E-state index in [2.05, 4.69) is 111 Å². The van der Waals surface area contributed by atoms with Gasteiger partial charge in [-0.25, -0.2) is 4.98 Å². The minimum atomic E-state index is -2.59.